The van der Waals surface area contributed by atoms with Crippen molar-refractivity contribution in [1.82, 2.24) is 20.1 Å². The number of nitrogens with zero attached hydrogens (tertiary/aromatic N) is 4. The first-order valence-corrected chi connectivity index (χ1v) is 9.65. The lowest BCUT2D eigenvalue weighted by Crippen LogP contribution is -2.40. The number of aromatic nitrogens is 3. The van der Waals surface area contributed by atoms with Crippen molar-refractivity contribution in [2.45, 2.75) is 25.8 Å². The van der Waals surface area contributed by atoms with E-state index in [-0.39, 0.29) is 5.75 Å². The van der Waals surface area contributed by atoms with Gasteiger partial charge < -0.3 is 20.6 Å². The highest BCUT2D eigenvalue weighted by molar-refractivity contribution is 5.99. The lowest BCUT2D eigenvalue weighted by Gasteiger charge is -2.30. The van der Waals surface area contributed by atoms with Gasteiger partial charge in [-0.3, -0.25) is 0 Å². The van der Waals surface area contributed by atoms with Crippen LogP contribution in [-0.4, -0.2) is 58.4 Å². The average molecular weight is 378 g/mol. The van der Waals surface area contributed by atoms with Crippen LogP contribution >= 0.6 is 0 Å². The Balaban J connectivity index is 1.81. The van der Waals surface area contributed by atoms with Crippen LogP contribution in [0.1, 0.15) is 18.4 Å². The molecule has 0 amide bonds. The minimum Gasteiger partial charge on any atom is -0.507 e. The first-order chi connectivity index (χ1) is 13.5. The average Bonchev–Trinajstić information content (AvgIpc) is 2.68. The molecule has 1 fully saturated rings. The van der Waals surface area contributed by atoms with Crippen molar-refractivity contribution in [3.63, 3.8) is 0 Å². The zero-order valence-electron chi connectivity index (χ0n) is 16.5. The molecular formula is C21H26N6O. The molecule has 3 heterocycles. The third-order valence-electron chi connectivity index (χ3n) is 5.25. The second-order valence-corrected chi connectivity index (χ2v) is 7.51. The number of pyridine rings is 1. The van der Waals surface area contributed by atoms with E-state index >= 15 is 0 Å². The SMILES string of the molecule is CNc1ccc2c(-c3ccc(C)cc3O)nnc(N[C@@H]3CCCN(C)C3)c2n1. The summed E-state index contributed by atoms with van der Waals surface area (Å²) in [4.78, 5) is 7.06. The number of fused-ring (bicyclic) bond motifs is 1. The molecule has 3 aromatic rings. The summed E-state index contributed by atoms with van der Waals surface area (Å²) in [7, 11) is 3.98. The van der Waals surface area contributed by atoms with Gasteiger partial charge in [0.1, 0.15) is 22.8 Å². The van der Waals surface area contributed by atoms with Crippen LogP contribution in [0.3, 0.4) is 0 Å². The largest absolute Gasteiger partial charge is 0.507 e. The van der Waals surface area contributed by atoms with Crippen molar-refractivity contribution in [2.75, 3.05) is 37.8 Å². The molecule has 0 unspecified atom stereocenters. The van der Waals surface area contributed by atoms with Crippen molar-refractivity contribution >= 4 is 22.5 Å². The molecule has 0 aliphatic carbocycles. The Labute approximate surface area is 164 Å². The molecule has 7 heteroatoms. The number of aryl methyl sites for hydroxylation is 1. The van der Waals surface area contributed by atoms with Crippen LogP contribution in [0.2, 0.25) is 0 Å². The molecule has 1 aromatic carbocycles. The second-order valence-electron chi connectivity index (χ2n) is 7.51. The number of nitrogens with one attached hydrogen (secondary N) is 2. The number of anilines is 2. The summed E-state index contributed by atoms with van der Waals surface area (Å²) in [5.41, 5.74) is 3.04. The van der Waals surface area contributed by atoms with Crippen molar-refractivity contribution in [3.05, 3.63) is 35.9 Å². The molecular weight excluding hydrogens is 352 g/mol. The van der Waals surface area contributed by atoms with Gasteiger partial charge in [-0.2, -0.15) is 0 Å². The third kappa shape index (κ3) is 3.57. The Kier molecular flexibility index (Phi) is 5.00. The van der Waals surface area contributed by atoms with Crippen LogP contribution in [0.5, 0.6) is 5.75 Å². The Morgan fingerprint density at radius 1 is 1.18 bits per heavy atom. The molecule has 0 spiro atoms. The quantitative estimate of drug-likeness (QED) is 0.642. The lowest BCUT2D eigenvalue weighted by molar-refractivity contribution is 0.261. The Morgan fingerprint density at radius 3 is 2.79 bits per heavy atom. The van der Waals surface area contributed by atoms with Crippen LogP contribution in [-0.2, 0) is 0 Å². The molecule has 146 valence electrons. The number of phenols is 1. The summed E-state index contributed by atoms with van der Waals surface area (Å²) < 4.78 is 0. The molecule has 0 radical (unpaired) electrons. The number of likely N-dealkylation sites (N-methyl/N-ethyl adjacent to an activating group) is 1. The maximum absolute atomic E-state index is 10.4. The van der Waals surface area contributed by atoms with E-state index in [2.05, 4.69) is 32.8 Å². The molecule has 0 bridgehead atoms. The molecule has 28 heavy (non-hydrogen) atoms. The highest BCUT2D eigenvalue weighted by atomic mass is 16.3. The second kappa shape index (κ2) is 7.59. The van der Waals surface area contributed by atoms with E-state index in [1.165, 1.54) is 0 Å². The van der Waals surface area contributed by atoms with Crippen molar-refractivity contribution in [1.29, 1.82) is 0 Å². The van der Waals surface area contributed by atoms with Crippen LogP contribution in [0.25, 0.3) is 22.2 Å². The van der Waals surface area contributed by atoms with E-state index in [1.54, 1.807) is 6.07 Å². The number of piperidine rings is 1. The fourth-order valence-electron chi connectivity index (χ4n) is 3.79. The van der Waals surface area contributed by atoms with Crippen molar-refractivity contribution < 1.29 is 5.11 Å². The van der Waals surface area contributed by atoms with E-state index in [1.807, 2.05) is 38.2 Å². The van der Waals surface area contributed by atoms with Crippen LogP contribution in [0, 0.1) is 6.92 Å². The van der Waals surface area contributed by atoms with Gasteiger partial charge in [-0.15, -0.1) is 10.2 Å². The van der Waals surface area contributed by atoms with E-state index < -0.39 is 0 Å². The van der Waals surface area contributed by atoms with Crippen LogP contribution in [0.4, 0.5) is 11.6 Å². The maximum Gasteiger partial charge on any atom is 0.175 e. The molecule has 3 N–H and O–H groups in total. The van der Waals surface area contributed by atoms with E-state index in [4.69, 9.17) is 4.98 Å². The van der Waals surface area contributed by atoms with E-state index in [0.29, 0.717) is 23.1 Å². The van der Waals surface area contributed by atoms with Gasteiger partial charge in [0.05, 0.1) is 0 Å². The van der Waals surface area contributed by atoms with Gasteiger partial charge in [0.25, 0.3) is 0 Å². The van der Waals surface area contributed by atoms with Gasteiger partial charge in [-0.25, -0.2) is 4.98 Å². The molecule has 1 aliphatic rings. The normalized spacial score (nSPS) is 17.6. The van der Waals surface area contributed by atoms with Gasteiger partial charge in [-0.1, -0.05) is 6.07 Å². The number of rotatable bonds is 4. The summed E-state index contributed by atoms with van der Waals surface area (Å²) in [6, 6.07) is 9.79. The van der Waals surface area contributed by atoms with Crippen LogP contribution in [0.15, 0.2) is 30.3 Å². The van der Waals surface area contributed by atoms with Gasteiger partial charge >= 0.3 is 0 Å². The molecule has 1 aliphatic heterocycles. The molecule has 1 atom stereocenters. The smallest absolute Gasteiger partial charge is 0.175 e. The number of hydrogen-bond donors (Lipinski definition) is 3. The number of benzene rings is 1. The topological polar surface area (TPSA) is 86.2 Å². The fraction of sp³-hybridized carbons (Fsp3) is 0.381. The van der Waals surface area contributed by atoms with E-state index in [0.717, 1.165) is 48.2 Å². The molecule has 7 nitrogen and oxygen atoms in total. The van der Waals surface area contributed by atoms with E-state index in [9.17, 15) is 5.11 Å². The summed E-state index contributed by atoms with van der Waals surface area (Å²) in [5, 5.41) is 26.9. The predicted molar refractivity (Wildman–Crippen MR) is 113 cm³/mol. The number of phenolic OH excluding ortho intramolecular Hbond substituents is 1. The van der Waals surface area contributed by atoms with Crippen molar-refractivity contribution in [3.8, 4) is 17.0 Å². The molecule has 1 saturated heterocycles. The molecule has 2 aromatic heterocycles. The monoisotopic (exact) mass is 378 g/mol. The number of hydrogen-bond acceptors (Lipinski definition) is 7. The number of aromatic hydroxyl groups is 1. The first-order valence-electron chi connectivity index (χ1n) is 9.65. The minimum absolute atomic E-state index is 0.197. The molecule has 4 rings (SSSR count). The standard InChI is InChI=1S/C21H26N6O/c1-13-6-7-15(17(28)11-13)19-16-8-9-18(22-2)24-20(16)21(26-25-19)23-14-5-4-10-27(3)12-14/h6-9,11,14,28H,4-5,10,12H2,1-3H3,(H,22,24)(H,23,26)/t14-/m1/s1. The lowest BCUT2D eigenvalue weighted by atomic mass is 10.0. The third-order valence-corrected chi connectivity index (χ3v) is 5.25. The Hall–Kier alpha value is -2.93. The van der Waals surface area contributed by atoms with Crippen LogP contribution < -0.4 is 10.6 Å². The van der Waals surface area contributed by atoms with Crippen molar-refractivity contribution in [2.24, 2.45) is 0 Å². The highest BCUT2D eigenvalue weighted by Gasteiger charge is 2.21. The Morgan fingerprint density at radius 2 is 2.04 bits per heavy atom. The fourth-order valence-corrected chi connectivity index (χ4v) is 3.79. The van der Waals surface area contributed by atoms with Gasteiger partial charge in [0.2, 0.25) is 0 Å². The first kappa shape index (κ1) is 18.4. The highest BCUT2D eigenvalue weighted by Crippen LogP contribution is 2.35. The molecule has 0 saturated carbocycles. The Bertz CT molecular complexity index is 1010. The maximum atomic E-state index is 10.4. The summed E-state index contributed by atoms with van der Waals surface area (Å²) in [5.74, 6) is 1.65. The summed E-state index contributed by atoms with van der Waals surface area (Å²) in [6.45, 7) is 4.04. The zero-order valence-corrected chi connectivity index (χ0v) is 16.5. The van der Waals surface area contributed by atoms with Gasteiger partial charge in [-0.05, 0) is 63.2 Å². The van der Waals surface area contributed by atoms with Gasteiger partial charge in [0.15, 0.2) is 5.82 Å². The van der Waals surface area contributed by atoms with Gasteiger partial charge in [0, 0.05) is 30.6 Å². The summed E-state index contributed by atoms with van der Waals surface area (Å²) >= 11 is 0. The predicted octanol–water partition coefficient (Wildman–Crippen LogP) is 3.25. The zero-order chi connectivity index (χ0) is 19.7. The minimum atomic E-state index is 0.197. The summed E-state index contributed by atoms with van der Waals surface area (Å²) in [6.07, 6.45) is 2.25. The number of likely N-dealkylation sites (tertiary alicyclic amines) is 1.